The molecule has 0 saturated heterocycles. The molecule has 0 amide bonds. The first-order valence-corrected chi connectivity index (χ1v) is 10.5. The molecule has 3 heterocycles. The lowest BCUT2D eigenvalue weighted by atomic mass is 10.4. The van der Waals surface area contributed by atoms with Gasteiger partial charge in [-0.25, -0.2) is 0 Å². The van der Waals surface area contributed by atoms with Crippen molar-refractivity contribution < 1.29 is 0 Å². The Bertz CT molecular complexity index is 498. The van der Waals surface area contributed by atoms with Crippen LogP contribution in [0.4, 0.5) is 0 Å². The van der Waals surface area contributed by atoms with E-state index in [1.807, 2.05) is 55.5 Å². The summed E-state index contributed by atoms with van der Waals surface area (Å²) in [5.41, 5.74) is 0. The van der Waals surface area contributed by atoms with Crippen LogP contribution in [0, 0.1) is 0 Å². The van der Waals surface area contributed by atoms with Crippen molar-refractivity contribution in [2.45, 2.75) is 0 Å². The molecule has 0 spiro atoms. The first-order chi connectivity index (χ1) is 14.4. The molecule has 0 fully saturated rings. The van der Waals surface area contributed by atoms with Gasteiger partial charge in [-0.05, 0) is 36.8 Å². The van der Waals surface area contributed by atoms with Crippen LogP contribution < -0.4 is 16.0 Å². The third-order valence-corrected chi connectivity index (χ3v) is 4.57. The predicted molar refractivity (Wildman–Crippen MR) is 124 cm³/mol. The van der Waals surface area contributed by atoms with Gasteiger partial charge < -0.3 is 16.0 Å². The molecule has 0 aromatic carbocycles. The summed E-state index contributed by atoms with van der Waals surface area (Å²) in [4.78, 5) is 18.3. The Labute approximate surface area is 175 Å². The predicted octanol–water partition coefficient (Wildman–Crippen LogP) is 0.140. The largest absolute Gasteiger partial charge is 0.390 e. The summed E-state index contributed by atoms with van der Waals surface area (Å²) in [6.07, 6.45) is 17.5. The minimum atomic E-state index is 0.777. The number of fused-ring (bicyclic) bond motifs is 18. The van der Waals surface area contributed by atoms with E-state index >= 15 is 0 Å². The Morgan fingerprint density at radius 1 is 0.483 bits per heavy atom. The lowest BCUT2D eigenvalue weighted by molar-refractivity contribution is 0.282. The van der Waals surface area contributed by atoms with Gasteiger partial charge >= 0.3 is 0 Å². The molecule has 0 atom stereocenters. The molecule has 0 aromatic heterocycles. The number of hydrogen-bond acceptors (Lipinski definition) is 8. The highest BCUT2D eigenvalue weighted by Crippen LogP contribution is 1.91. The number of nitrogens with zero attached hydrogens (tertiary/aromatic N) is 5. The third-order valence-electron chi connectivity index (χ3n) is 4.57. The molecule has 3 rings (SSSR count). The summed E-state index contributed by atoms with van der Waals surface area (Å²) in [5, 5.41) is 10.1. The lowest BCUT2D eigenvalue weighted by Crippen LogP contribution is -2.38. The Morgan fingerprint density at radius 2 is 0.828 bits per heavy atom. The van der Waals surface area contributed by atoms with E-state index in [4.69, 9.17) is 0 Å². The van der Waals surface area contributed by atoms with Crippen LogP contribution in [0.2, 0.25) is 0 Å². The van der Waals surface area contributed by atoms with Crippen molar-refractivity contribution in [3.05, 3.63) is 36.8 Å². The number of aliphatic imine (C=N–C) groups is 3. The second-order valence-electron chi connectivity index (χ2n) is 6.79. The Morgan fingerprint density at radius 3 is 1.21 bits per heavy atom. The molecular formula is C21H36N8. The number of hydrogen-bond donors (Lipinski definition) is 3. The molecule has 3 N–H and O–H groups in total. The molecule has 29 heavy (non-hydrogen) atoms. The highest BCUT2D eigenvalue weighted by atomic mass is 15.2. The van der Waals surface area contributed by atoms with Gasteiger partial charge in [-0.3, -0.25) is 24.8 Å². The molecule has 8 heteroatoms. The van der Waals surface area contributed by atoms with Crippen LogP contribution >= 0.6 is 0 Å². The van der Waals surface area contributed by atoms with Gasteiger partial charge in [0.05, 0.1) is 19.6 Å². The fourth-order valence-corrected chi connectivity index (χ4v) is 2.93. The summed E-state index contributed by atoms with van der Waals surface area (Å²) in [6.45, 7) is 10.7. The molecule has 0 aromatic rings. The zero-order valence-electron chi connectivity index (χ0n) is 17.4. The highest BCUT2D eigenvalue weighted by molar-refractivity contribution is 5.71. The zero-order chi connectivity index (χ0) is 20.2. The van der Waals surface area contributed by atoms with Crippen molar-refractivity contribution in [3.63, 3.8) is 0 Å². The number of allylic oxidation sites excluding steroid dienone is 3. The van der Waals surface area contributed by atoms with Gasteiger partial charge in [0.1, 0.15) is 0 Å². The van der Waals surface area contributed by atoms with Crippen molar-refractivity contribution in [2.75, 3.05) is 78.5 Å². The second-order valence-corrected chi connectivity index (χ2v) is 6.79. The highest BCUT2D eigenvalue weighted by Gasteiger charge is 2.04. The van der Waals surface area contributed by atoms with E-state index in [9.17, 15) is 0 Å². The van der Waals surface area contributed by atoms with E-state index in [2.05, 4.69) is 40.7 Å². The van der Waals surface area contributed by atoms with E-state index in [0.717, 1.165) is 78.5 Å². The zero-order valence-corrected chi connectivity index (χ0v) is 17.4. The molecule has 0 unspecified atom stereocenters. The maximum absolute atomic E-state index is 4.49. The molecule has 0 saturated carbocycles. The smallest absolute Gasteiger partial charge is 0.0516 e. The van der Waals surface area contributed by atoms with Gasteiger partial charge in [-0.15, -0.1) is 0 Å². The first kappa shape index (κ1) is 22.8. The van der Waals surface area contributed by atoms with E-state index in [1.54, 1.807) is 0 Å². The molecule has 0 radical (unpaired) electrons. The fourth-order valence-electron chi connectivity index (χ4n) is 2.93. The van der Waals surface area contributed by atoms with Gasteiger partial charge in [0.2, 0.25) is 0 Å². The lowest BCUT2D eigenvalue weighted by Gasteiger charge is -2.22. The quantitative estimate of drug-likeness (QED) is 0.539. The minimum absolute atomic E-state index is 0.777. The molecule has 2 bridgehead atoms. The average molecular weight is 401 g/mol. The topological polar surface area (TPSA) is 79.7 Å². The van der Waals surface area contributed by atoms with Crippen LogP contribution in [-0.4, -0.2) is 107 Å². The molecule has 160 valence electrons. The SMILES string of the molecule is C1=CNCCN2CCNC=CC=NCCN(CCN=C1)CCN=C/C=C/NCC2. The Hall–Kier alpha value is -2.45. The van der Waals surface area contributed by atoms with Gasteiger partial charge in [0.25, 0.3) is 0 Å². The van der Waals surface area contributed by atoms with Crippen molar-refractivity contribution >= 4 is 18.6 Å². The monoisotopic (exact) mass is 400 g/mol. The van der Waals surface area contributed by atoms with Crippen LogP contribution in [0.5, 0.6) is 0 Å². The second kappa shape index (κ2) is 16.5. The molecule has 3 aliphatic heterocycles. The van der Waals surface area contributed by atoms with E-state index in [1.165, 1.54) is 0 Å². The van der Waals surface area contributed by atoms with Crippen molar-refractivity contribution in [3.8, 4) is 0 Å². The van der Waals surface area contributed by atoms with Crippen LogP contribution in [-0.2, 0) is 0 Å². The summed E-state index contributed by atoms with van der Waals surface area (Å²) in [5.74, 6) is 0. The normalized spacial score (nSPS) is 26.8. The number of nitrogens with one attached hydrogen (secondary N) is 3. The van der Waals surface area contributed by atoms with E-state index in [-0.39, 0.29) is 0 Å². The van der Waals surface area contributed by atoms with Gasteiger partial charge in [0.15, 0.2) is 0 Å². The molecule has 8 nitrogen and oxygen atoms in total. The fraction of sp³-hybridized carbons (Fsp3) is 0.571. The van der Waals surface area contributed by atoms with Crippen LogP contribution in [0.25, 0.3) is 0 Å². The third kappa shape index (κ3) is 12.6. The maximum Gasteiger partial charge on any atom is 0.0516 e. The van der Waals surface area contributed by atoms with Gasteiger partial charge in [0, 0.05) is 77.5 Å². The van der Waals surface area contributed by atoms with Crippen molar-refractivity contribution in [1.29, 1.82) is 0 Å². The maximum atomic E-state index is 4.49. The summed E-state index contributed by atoms with van der Waals surface area (Å²) in [6, 6.07) is 0. The Balaban J connectivity index is 2.05. The summed E-state index contributed by atoms with van der Waals surface area (Å²) in [7, 11) is 0. The van der Waals surface area contributed by atoms with Crippen molar-refractivity contribution in [2.24, 2.45) is 15.0 Å². The van der Waals surface area contributed by atoms with E-state index in [0.29, 0.717) is 0 Å². The van der Waals surface area contributed by atoms with Crippen LogP contribution in [0.15, 0.2) is 51.8 Å². The molecule has 0 aliphatic carbocycles. The standard InChI is InChI=1S/C21H36N8/c1-4-22-10-16-28-18-12-24-6-2-7-25-13-19-29(17-11-23-5-1)21-15-27-9-3-8-26-14-20-28/h1-9,22,24,26H,10-21H2/b4-1+,6-2?,8-3?,23-5?,25-7?,27-9?. The first-order valence-electron chi connectivity index (χ1n) is 10.5. The van der Waals surface area contributed by atoms with Crippen molar-refractivity contribution in [1.82, 2.24) is 25.8 Å². The summed E-state index contributed by atoms with van der Waals surface area (Å²) < 4.78 is 0. The molecule has 3 aliphatic rings. The van der Waals surface area contributed by atoms with Gasteiger partial charge in [-0.1, -0.05) is 0 Å². The molecular weight excluding hydrogens is 364 g/mol. The van der Waals surface area contributed by atoms with Crippen LogP contribution in [0.1, 0.15) is 0 Å². The minimum Gasteiger partial charge on any atom is -0.390 e. The number of rotatable bonds is 0. The summed E-state index contributed by atoms with van der Waals surface area (Å²) >= 11 is 0. The van der Waals surface area contributed by atoms with E-state index < -0.39 is 0 Å². The van der Waals surface area contributed by atoms with Crippen LogP contribution in [0.3, 0.4) is 0 Å². The average Bonchev–Trinajstić information content (AvgIpc) is 2.72. The van der Waals surface area contributed by atoms with Gasteiger partial charge in [-0.2, -0.15) is 0 Å². The Kier molecular flexibility index (Phi) is 13.0.